The minimum absolute atomic E-state index is 0.177. The molecule has 0 aromatic rings. The van der Waals surface area contributed by atoms with Gasteiger partial charge in [-0.15, -0.1) is 0 Å². The Morgan fingerprint density at radius 2 is 2.18 bits per heavy atom. The Morgan fingerprint density at radius 3 is 2.55 bits per heavy atom. The van der Waals surface area contributed by atoms with Crippen LogP contribution in [0.4, 0.5) is 0 Å². The van der Waals surface area contributed by atoms with Crippen LogP contribution in [0.1, 0.15) is 27.2 Å². The van der Waals surface area contributed by atoms with Crippen LogP contribution in [-0.4, -0.2) is 35.7 Å². The molecule has 0 aromatic carbocycles. The van der Waals surface area contributed by atoms with Gasteiger partial charge in [-0.25, -0.2) is 0 Å². The fourth-order valence-corrected chi connectivity index (χ4v) is 1.75. The number of β-amino-alcohol motifs (C(OH)–C–C–N with tert-alkyl or cyclic N) is 1. The van der Waals surface area contributed by atoms with Gasteiger partial charge >= 0.3 is 0 Å². The molecule has 1 aliphatic heterocycles. The van der Waals surface area contributed by atoms with Crippen LogP contribution in [0.25, 0.3) is 0 Å². The highest BCUT2D eigenvalue weighted by Gasteiger charge is 2.29. The summed E-state index contributed by atoms with van der Waals surface area (Å²) >= 11 is 0. The van der Waals surface area contributed by atoms with Gasteiger partial charge in [0.2, 0.25) is 0 Å². The molecule has 1 atom stereocenters. The maximum Gasteiger partial charge on any atom is 0.0639 e. The first-order valence-electron chi connectivity index (χ1n) is 4.40. The zero-order chi connectivity index (χ0) is 8.48. The van der Waals surface area contributed by atoms with Gasteiger partial charge in [0, 0.05) is 13.1 Å². The van der Waals surface area contributed by atoms with Crippen molar-refractivity contribution in [2.75, 3.05) is 19.6 Å². The van der Waals surface area contributed by atoms with Crippen molar-refractivity contribution < 1.29 is 5.11 Å². The molecule has 66 valence electrons. The molecule has 1 saturated heterocycles. The molecule has 0 spiro atoms. The molecule has 0 saturated carbocycles. The third kappa shape index (κ3) is 2.80. The molecule has 0 bridgehead atoms. The lowest BCUT2D eigenvalue weighted by Gasteiger charge is -2.20. The van der Waals surface area contributed by atoms with Crippen LogP contribution < -0.4 is 0 Å². The molecule has 1 heterocycles. The number of rotatable bonds is 2. The van der Waals surface area contributed by atoms with Crippen molar-refractivity contribution in [3.05, 3.63) is 0 Å². The number of hydrogen-bond acceptors (Lipinski definition) is 2. The van der Waals surface area contributed by atoms with Crippen LogP contribution in [0.5, 0.6) is 0 Å². The predicted octanol–water partition coefficient (Wildman–Crippen LogP) is 1.10. The fourth-order valence-electron chi connectivity index (χ4n) is 1.75. The zero-order valence-electron chi connectivity index (χ0n) is 7.80. The lowest BCUT2D eigenvalue weighted by Crippen LogP contribution is -2.30. The Kier molecular flexibility index (Phi) is 2.55. The second kappa shape index (κ2) is 3.11. The quantitative estimate of drug-likeness (QED) is 0.649. The second-order valence-corrected chi connectivity index (χ2v) is 4.50. The molecule has 1 fully saturated rings. The van der Waals surface area contributed by atoms with Crippen molar-refractivity contribution in [2.24, 2.45) is 5.41 Å². The van der Waals surface area contributed by atoms with E-state index in [1.54, 1.807) is 0 Å². The Balaban J connectivity index is 2.31. The van der Waals surface area contributed by atoms with Crippen LogP contribution in [0.3, 0.4) is 0 Å². The Hall–Kier alpha value is -0.0800. The number of aliphatic hydroxyl groups is 1. The number of likely N-dealkylation sites (tertiary alicyclic amines) is 1. The lowest BCUT2D eigenvalue weighted by atomic mass is 9.93. The minimum Gasteiger partial charge on any atom is -0.392 e. The number of aliphatic hydroxyl groups excluding tert-OH is 1. The van der Waals surface area contributed by atoms with Crippen molar-refractivity contribution in [3.8, 4) is 0 Å². The van der Waals surface area contributed by atoms with E-state index in [0.29, 0.717) is 5.41 Å². The molecular weight excluding hydrogens is 138 g/mol. The topological polar surface area (TPSA) is 23.5 Å². The molecule has 0 radical (unpaired) electrons. The summed E-state index contributed by atoms with van der Waals surface area (Å²) in [7, 11) is 0. The second-order valence-electron chi connectivity index (χ2n) is 4.50. The van der Waals surface area contributed by atoms with Gasteiger partial charge in [0.15, 0.2) is 0 Å². The summed E-state index contributed by atoms with van der Waals surface area (Å²) in [4.78, 5) is 2.34. The monoisotopic (exact) mass is 157 g/mol. The van der Waals surface area contributed by atoms with E-state index in [1.807, 2.05) is 6.92 Å². The molecule has 0 amide bonds. The molecule has 1 N–H and O–H groups in total. The van der Waals surface area contributed by atoms with Crippen LogP contribution in [0, 0.1) is 5.41 Å². The first-order chi connectivity index (χ1) is 4.99. The van der Waals surface area contributed by atoms with Crippen LogP contribution in [0.2, 0.25) is 0 Å². The number of nitrogens with zero attached hydrogens (tertiary/aromatic N) is 1. The highest BCUT2D eigenvalue weighted by Crippen LogP contribution is 2.28. The zero-order valence-corrected chi connectivity index (χ0v) is 7.80. The van der Waals surface area contributed by atoms with Gasteiger partial charge in [0.25, 0.3) is 0 Å². The lowest BCUT2D eigenvalue weighted by molar-refractivity contribution is 0.135. The Bertz CT molecular complexity index is 132. The number of hydrogen-bond donors (Lipinski definition) is 1. The largest absolute Gasteiger partial charge is 0.392 e. The molecule has 2 nitrogen and oxygen atoms in total. The SMILES string of the molecule is C[C@@H](O)CN1CCC(C)(C)C1. The minimum atomic E-state index is -0.177. The van der Waals surface area contributed by atoms with Crippen molar-refractivity contribution in [3.63, 3.8) is 0 Å². The molecule has 1 aliphatic rings. The standard InChI is InChI=1S/C9H19NO/c1-8(11)6-10-5-4-9(2,3)7-10/h8,11H,4-7H2,1-3H3/t8-/m1/s1. The molecule has 11 heavy (non-hydrogen) atoms. The normalized spacial score (nSPS) is 27.3. The summed E-state index contributed by atoms with van der Waals surface area (Å²) in [6, 6.07) is 0. The summed E-state index contributed by atoms with van der Waals surface area (Å²) < 4.78 is 0. The van der Waals surface area contributed by atoms with E-state index in [-0.39, 0.29) is 6.10 Å². The van der Waals surface area contributed by atoms with Crippen LogP contribution in [-0.2, 0) is 0 Å². The average Bonchev–Trinajstić information content (AvgIpc) is 2.08. The average molecular weight is 157 g/mol. The van der Waals surface area contributed by atoms with Gasteiger partial charge in [-0.3, -0.25) is 0 Å². The van der Waals surface area contributed by atoms with Gasteiger partial charge in [-0.05, 0) is 25.3 Å². The van der Waals surface area contributed by atoms with E-state index in [2.05, 4.69) is 18.7 Å². The van der Waals surface area contributed by atoms with E-state index in [1.165, 1.54) is 6.42 Å². The molecular formula is C9H19NO. The summed E-state index contributed by atoms with van der Waals surface area (Å²) in [6.07, 6.45) is 1.09. The van der Waals surface area contributed by atoms with Crippen LogP contribution in [0.15, 0.2) is 0 Å². The van der Waals surface area contributed by atoms with Gasteiger partial charge in [-0.2, -0.15) is 0 Å². The van der Waals surface area contributed by atoms with Gasteiger partial charge in [-0.1, -0.05) is 13.8 Å². The van der Waals surface area contributed by atoms with Gasteiger partial charge in [0.05, 0.1) is 6.10 Å². The van der Waals surface area contributed by atoms with Gasteiger partial charge < -0.3 is 10.0 Å². The molecule has 2 heteroatoms. The first kappa shape index (κ1) is 9.01. The van der Waals surface area contributed by atoms with E-state index in [0.717, 1.165) is 19.6 Å². The smallest absolute Gasteiger partial charge is 0.0639 e. The van der Waals surface area contributed by atoms with Gasteiger partial charge in [0.1, 0.15) is 0 Å². The highest BCUT2D eigenvalue weighted by molar-refractivity contribution is 4.82. The molecule has 0 aliphatic carbocycles. The van der Waals surface area contributed by atoms with Crippen molar-refractivity contribution >= 4 is 0 Å². The van der Waals surface area contributed by atoms with E-state index < -0.39 is 0 Å². The third-order valence-electron chi connectivity index (χ3n) is 2.28. The predicted molar refractivity (Wildman–Crippen MR) is 46.5 cm³/mol. The Morgan fingerprint density at radius 1 is 1.55 bits per heavy atom. The maximum absolute atomic E-state index is 9.14. The van der Waals surface area contributed by atoms with Crippen molar-refractivity contribution in [1.29, 1.82) is 0 Å². The Labute approximate surface area is 69.2 Å². The van der Waals surface area contributed by atoms with Crippen molar-refractivity contribution in [1.82, 2.24) is 4.90 Å². The first-order valence-corrected chi connectivity index (χ1v) is 4.40. The maximum atomic E-state index is 9.14. The summed E-state index contributed by atoms with van der Waals surface area (Å²) in [6.45, 7) is 9.55. The summed E-state index contributed by atoms with van der Waals surface area (Å²) in [5.41, 5.74) is 0.467. The van der Waals surface area contributed by atoms with E-state index in [4.69, 9.17) is 5.11 Å². The third-order valence-corrected chi connectivity index (χ3v) is 2.28. The highest BCUT2D eigenvalue weighted by atomic mass is 16.3. The van der Waals surface area contributed by atoms with E-state index >= 15 is 0 Å². The fraction of sp³-hybridized carbons (Fsp3) is 1.00. The molecule has 0 aromatic heterocycles. The van der Waals surface area contributed by atoms with E-state index in [9.17, 15) is 0 Å². The molecule has 1 rings (SSSR count). The van der Waals surface area contributed by atoms with Crippen molar-refractivity contribution in [2.45, 2.75) is 33.3 Å². The molecule has 0 unspecified atom stereocenters. The summed E-state index contributed by atoms with van der Waals surface area (Å²) in [5, 5.41) is 9.14. The summed E-state index contributed by atoms with van der Waals surface area (Å²) in [5.74, 6) is 0. The van der Waals surface area contributed by atoms with Crippen LogP contribution >= 0.6 is 0 Å².